The Balaban J connectivity index is 1.98. The Hall–Kier alpha value is -2.16. The van der Waals surface area contributed by atoms with Crippen molar-refractivity contribution in [1.29, 1.82) is 0 Å². The summed E-state index contributed by atoms with van der Waals surface area (Å²) < 4.78 is 6.03. The molecule has 0 aliphatic carbocycles. The molecule has 2 N–H and O–H groups in total. The number of ether oxygens (including phenoxy) is 1. The summed E-state index contributed by atoms with van der Waals surface area (Å²) in [6, 6.07) is 12.3. The average molecular weight is 268 g/mol. The van der Waals surface area contributed by atoms with E-state index in [9.17, 15) is 0 Å². The average Bonchev–Trinajstić information content (AvgIpc) is 2.47. The van der Waals surface area contributed by atoms with E-state index in [-0.39, 0.29) is 0 Å². The summed E-state index contributed by atoms with van der Waals surface area (Å²) in [6.45, 7) is 6.33. The SMILES string of the molecule is CCN(CC)c1ccc2c(c1)Oc1cccc(N)c1C2. The molecule has 0 fully saturated rings. The van der Waals surface area contributed by atoms with Crippen LogP contribution in [0.15, 0.2) is 36.4 Å². The minimum Gasteiger partial charge on any atom is -0.457 e. The topological polar surface area (TPSA) is 38.5 Å². The number of anilines is 2. The third-order valence-corrected chi connectivity index (χ3v) is 3.94. The van der Waals surface area contributed by atoms with E-state index in [4.69, 9.17) is 10.5 Å². The van der Waals surface area contributed by atoms with Crippen LogP contribution in [0.2, 0.25) is 0 Å². The molecule has 0 bridgehead atoms. The Morgan fingerprint density at radius 2 is 1.90 bits per heavy atom. The minimum absolute atomic E-state index is 0.806. The van der Waals surface area contributed by atoms with Crippen molar-refractivity contribution in [3.8, 4) is 11.5 Å². The van der Waals surface area contributed by atoms with Gasteiger partial charge in [0.25, 0.3) is 0 Å². The molecular formula is C17H20N2O. The van der Waals surface area contributed by atoms with Gasteiger partial charge in [-0.05, 0) is 37.6 Å². The molecule has 0 aromatic heterocycles. The van der Waals surface area contributed by atoms with Gasteiger partial charge in [0.1, 0.15) is 11.5 Å². The van der Waals surface area contributed by atoms with Crippen molar-refractivity contribution in [1.82, 2.24) is 0 Å². The molecule has 1 aliphatic heterocycles. The number of nitrogens with zero attached hydrogens (tertiary/aromatic N) is 1. The van der Waals surface area contributed by atoms with Crippen LogP contribution in [0, 0.1) is 0 Å². The molecule has 2 aromatic carbocycles. The zero-order valence-electron chi connectivity index (χ0n) is 12.0. The lowest BCUT2D eigenvalue weighted by Gasteiger charge is -2.25. The standard InChI is InChI=1S/C17H20N2O/c1-3-19(4-2)13-9-8-12-10-14-15(18)6-5-7-16(14)20-17(12)11-13/h5-9,11H,3-4,10,18H2,1-2H3. The molecule has 20 heavy (non-hydrogen) atoms. The van der Waals surface area contributed by atoms with E-state index in [0.717, 1.165) is 42.3 Å². The second-order valence-electron chi connectivity index (χ2n) is 5.07. The predicted octanol–water partition coefficient (Wildman–Crippen LogP) is 3.81. The highest BCUT2D eigenvalue weighted by Gasteiger charge is 2.19. The Bertz CT molecular complexity index is 633. The van der Waals surface area contributed by atoms with Crippen LogP contribution < -0.4 is 15.4 Å². The van der Waals surface area contributed by atoms with Crippen LogP contribution in [0.1, 0.15) is 25.0 Å². The molecule has 0 radical (unpaired) electrons. The summed E-state index contributed by atoms with van der Waals surface area (Å²) in [6.07, 6.45) is 0.843. The summed E-state index contributed by atoms with van der Waals surface area (Å²) in [7, 11) is 0. The van der Waals surface area contributed by atoms with Gasteiger partial charge in [-0.25, -0.2) is 0 Å². The van der Waals surface area contributed by atoms with Crippen LogP contribution in [0.5, 0.6) is 11.5 Å². The van der Waals surface area contributed by atoms with Gasteiger partial charge in [-0.3, -0.25) is 0 Å². The van der Waals surface area contributed by atoms with Gasteiger partial charge >= 0.3 is 0 Å². The maximum atomic E-state index is 6.03. The third kappa shape index (κ3) is 2.09. The first kappa shape index (κ1) is 12.9. The van der Waals surface area contributed by atoms with Crippen molar-refractivity contribution in [2.24, 2.45) is 0 Å². The van der Waals surface area contributed by atoms with Crippen LogP contribution in [-0.4, -0.2) is 13.1 Å². The second kappa shape index (κ2) is 5.08. The molecule has 3 rings (SSSR count). The van der Waals surface area contributed by atoms with E-state index in [1.54, 1.807) is 0 Å². The number of hydrogen-bond donors (Lipinski definition) is 1. The summed E-state index contributed by atoms with van der Waals surface area (Å²) >= 11 is 0. The van der Waals surface area contributed by atoms with E-state index in [0.29, 0.717) is 0 Å². The first-order valence-corrected chi connectivity index (χ1v) is 7.16. The molecule has 3 nitrogen and oxygen atoms in total. The van der Waals surface area contributed by atoms with Gasteiger partial charge in [-0.2, -0.15) is 0 Å². The monoisotopic (exact) mass is 268 g/mol. The number of benzene rings is 2. The number of fused-ring (bicyclic) bond motifs is 2. The van der Waals surface area contributed by atoms with Crippen LogP contribution in [0.25, 0.3) is 0 Å². The molecular weight excluding hydrogens is 248 g/mol. The maximum absolute atomic E-state index is 6.03. The summed E-state index contributed by atoms with van der Waals surface area (Å²) in [5.41, 5.74) is 10.3. The second-order valence-corrected chi connectivity index (χ2v) is 5.07. The van der Waals surface area contributed by atoms with Gasteiger partial charge in [0.05, 0.1) is 0 Å². The van der Waals surface area contributed by atoms with Gasteiger partial charge in [0.2, 0.25) is 0 Å². The Kier molecular flexibility index (Phi) is 3.26. The molecule has 1 aliphatic rings. The fourth-order valence-corrected chi connectivity index (χ4v) is 2.75. The highest BCUT2D eigenvalue weighted by molar-refractivity contribution is 5.63. The minimum atomic E-state index is 0.806. The lowest BCUT2D eigenvalue weighted by molar-refractivity contribution is 0.460. The van der Waals surface area contributed by atoms with E-state index >= 15 is 0 Å². The number of nitrogen functional groups attached to an aromatic ring is 1. The Morgan fingerprint density at radius 3 is 2.65 bits per heavy atom. The molecule has 0 atom stereocenters. The lowest BCUT2D eigenvalue weighted by Crippen LogP contribution is -2.22. The number of hydrogen-bond acceptors (Lipinski definition) is 3. The van der Waals surface area contributed by atoms with E-state index < -0.39 is 0 Å². The quantitative estimate of drug-likeness (QED) is 0.734. The Labute approximate surface area is 120 Å². The van der Waals surface area contributed by atoms with Crippen molar-refractivity contribution in [2.45, 2.75) is 20.3 Å². The van der Waals surface area contributed by atoms with Gasteiger partial charge in [0.15, 0.2) is 0 Å². The van der Waals surface area contributed by atoms with Gasteiger partial charge < -0.3 is 15.4 Å². The summed E-state index contributed by atoms with van der Waals surface area (Å²) in [4.78, 5) is 2.32. The molecule has 0 unspecified atom stereocenters. The third-order valence-electron chi connectivity index (χ3n) is 3.94. The Morgan fingerprint density at radius 1 is 1.10 bits per heavy atom. The maximum Gasteiger partial charge on any atom is 0.133 e. The van der Waals surface area contributed by atoms with E-state index in [1.165, 1.54) is 11.3 Å². The highest BCUT2D eigenvalue weighted by Crippen LogP contribution is 2.40. The van der Waals surface area contributed by atoms with Gasteiger partial charge in [-0.15, -0.1) is 0 Å². The largest absolute Gasteiger partial charge is 0.457 e. The number of nitrogens with two attached hydrogens (primary N) is 1. The zero-order valence-corrected chi connectivity index (χ0v) is 12.0. The molecule has 2 aromatic rings. The molecule has 1 heterocycles. The van der Waals surface area contributed by atoms with Crippen LogP contribution >= 0.6 is 0 Å². The summed E-state index contributed by atoms with van der Waals surface area (Å²) in [5, 5.41) is 0. The van der Waals surface area contributed by atoms with Crippen molar-refractivity contribution >= 4 is 11.4 Å². The molecule has 0 spiro atoms. The predicted molar refractivity (Wildman–Crippen MR) is 83.7 cm³/mol. The molecule has 3 heteroatoms. The molecule has 0 saturated heterocycles. The van der Waals surface area contributed by atoms with Crippen molar-refractivity contribution in [3.63, 3.8) is 0 Å². The van der Waals surface area contributed by atoms with E-state index in [1.807, 2.05) is 18.2 Å². The highest BCUT2D eigenvalue weighted by atomic mass is 16.5. The van der Waals surface area contributed by atoms with E-state index in [2.05, 4.69) is 36.9 Å². The van der Waals surface area contributed by atoms with Crippen molar-refractivity contribution in [2.75, 3.05) is 23.7 Å². The van der Waals surface area contributed by atoms with Crippen molar-refractivity contribution in [3.05, 3.63) is 47.5 Å². The smallest absolute Gasteiger partial charge is 0.133 e. The summed E-state index contributed by atoms with van der Waals surface area (Å²) in [5.74, 6) is 1.83. The fraction of sp³-hybridized carbons (Fsp3) is 0.294. The molecule has 0 amide bonds. The van der Waals surface area contributed by atoms with Crippen LogP contribution in [0.4, 0.5) is 11.4 Å². The van der Waals surface area contributed by atoms with Crippen molar-refractivity contribution < 1.29 is 4.74 Å². The van der Waals surface area contributed by atoms with Crippen LogP contribution in [-0.2, 0) is 6.42 Å². The molecule has 0 saturated carbocycles. The zero-order chi connectivity index (χ0) is 14.1. The lowest BCUT2D eigenvalue weighted by atomic mass is 9.98. The van der Waals surface area contributed by atoms with Gasteiger partial charge in [-0.1, -0.05) is 12.1 Å². The first-order valence-electron chi connectivity index (χ1n) is 7.16. The normalized spacial score (nSPS) is 12.3. The number of rotatable bonds is 3. The van der Waals surface area contributed by atoms with Crippen LogP contribution in [0.3, 0.4) is 0 Å². The molecule has 104 valence electrons. The first-order chi connectivity index (χ1) is 9.72. The fourth-order valence-electron chi connectivity index (χ4n) is 2.75. The van der Waals surface area contributed by atoms with Gasteiger partial charge in [0, 0.05) is 42.5 Å².